The van der Waals surface area contributed by atoms with E-state index >= 15 is 0 Å². The Morgan fingerprint density at radius 3 is 3.07 bits per heavy atom. The van der Waals surface area contributed by atoms with Crippen molar-refractivity contribution in [2.45, 2.75) is 12.5 Å². The molecule has 1 aromatic heterocycles. The smallest absolute Gasteiger partial charge is 0.122 e. The van der Waals surface area contributed by atoms with Crippen LogP contribution >= 0.6 is 0 Å². The van der Waals surface area contributed by atoms with Crippen molar-refractivity contribution in [3.63, 3.8) is 0 Å². The number of aldehydes is 1. The summed E-state index contributed by atoms with van der Waals surface area (Å²) < 4.78 is 0. The van der Waals surface area contributed by atoms with Crippen molar-refractivity contribution in [3.8, 4) is 0 Å². The number of hydrogen-bond acceptors (Lipinski definition) is 3. The SMILES string of the molecule is O=CC[C@@H](O)c1ccc2cccnc2c1. The second-order valence-corrected chi connectivity index (χ2v) is 3.37. The van der Waals surface area contributed by atoms with E-state index in [0.29, 0.717) is 6.29 Å². The molecule has 0 fully saturated rings. The number of aromatic nitrogens is 1. The monoisotopic (exact) mass is 201 g/mol. The quantitative estimate of drug-likeness (QED) is 0.771. The van der Waals surface area contributed by atoms with Crippen LogP contribution in [0.4, 0.5) is 0 Å². The highest BCUT2D eigenvalue weighted by molar-refractivity contribution is 5.79. The second-order valence-electron chi connectivity index (χ2n) is 3.37. The fourth-order valence-electron chi connectivity index (χ4n) is 1.52. The summed E-state index contributed by atoms with van der Waals surface area (Å²) in [5.74, 6) is 0. The van der Waals surface area contributed by atoms with E-state index in [9.17, 15) is 9.90 Å². The first-order chi connectivity index (χ1) is 7.31. The van der Waals surface area contributed by atoms with Gasteiger partial charge in [-0.2, -0.15) is 0 Å². The Bertz CT molecular complexity index is 482. The van der Waals surface area contributed by atoms with Gasteiger partial charge in [-0.1, -0.05) is 18.2 Å². The summed E-state index contributed by atoms with van der Waals surface area (Å²) >= 11 is 0. The van der Waals surface area contributed by atoms with Gasteiger partial charge in [0.2, 0.25) is 0 Å². The van der Waals surface area contributed by atoms with Gasteiger partial charge >= 0.3 is 0 Å². The molecule has 0 spiro atoms. The van der Waals surface area contributed by atoms with Gasteiger partial charge < -0.3 is 9.90 Å². The predicted octanol–water partition coefficient (Wildman–Crippen LogP) is 1.86. The lowest BCUT2D eigenvalue weighted by Crippen LogP contribution is -1.97. The number of pyridine rings is 1. The Hall–Kier alpha value is -1.74. The van der Waals surface area contributed by atoms with E-state index in [2.05, 4.69) is 4.98 Å². The molecule has 2 aromatic rings. The number of aliphatic hydroxyl groups is 1. The standard InChI is InChI=1S/C12H11NO2/c14-7-5-12(15)10-4-3-9-2-1-6-13-11(9)8-10/h1-4,6-8,12,15H,5H2/t12-/m1/s1. The zero-order valence-electron chi connectivity index (χ0n) is 8.13. The number of fused-ring (bicyclic) bond motifs is 1. The number of hydrogen-bond donors (Lipinski definition) is 1. The third kappa shape index (κ3) is 2.02. The van der Waals surface area contributed by atoms with Gasteiger partial charge in [0.15, 0.2) is 0 Å². The average molecular weight is 201 g/mol. The van der Waals surface area contributed by atoms with Crippen LogP contribution in [0.1, 0.15) is 18.1 Å². The Kier molecular flexibility index (Phi) is 2.74. The van der Waals surface area contributed by atoms with Gasteiger partial charge in [-0.25, -0.2) is 0 Å². The molecule has 0 unspecified atom stereocenters. The zero-order chi connectivity index (χ0) is 10.7. The van der Waals surface area contributed by atoms with Crippen LogP contribution in [0.5, 0.6) is 0 Å². The van der Waals surface area contributed by atoms with Crippen molar-refractivity contribution < 1.29 is 9.90 Å². The fraction of sp³-hybridized carbons (Fsp3) is 0.167. The van der Waals surface area contributed by atoms with E-state index in [0.717, 1.165) is 16.5 Å². The van der Waals surface area contributed by atoms with Crippen molar-refractivity contribution in [1.29, 1.82) is 0 Å². The number of aliphatic hydroxyl groups excluding tert-OH is 1. The summed E-state index contributed by atoms with van der Waals surface area (Å²) in [6, 6.07) is 9.34. The van der Waals surface area contributed by atoms with Crippen LogP contribution in [0.15, 0.2) is 36.5 Å². The van der Waals surface area contributed by atoms with Gasteiger partial charge in [-0.3, -0.25) is 4.98 Å². The molecule has 76 valence electrons. The molecule has 3 nitrogen and oxygen atoms in total. The Labute approximate surface area is 87.4 Å². The Morgan fingerprint density at radius 2 is 2.27 bits per heavy atom. The minimum absolute atomic E-state index is 0.123. The summed E-state index contributed by atoms with van der Waals surface area (Å²) in [4.78, 5) is 14.5. The van der Waals surface area contributed by atoms with Crippen LogP contribution in [0.2, 0.25) is 0 Å². The summed E-state index contributed by atoms with van der Waals surface area (Å²) in [5.41, 5.74) is 1.56. The van der Waals surface area contributed by atoms with E-state index in [1.165, 1.54) is 0 Å². The Morgan fingerprint density at radius 1 is 1.40 bits per heavy atom. The van der Waals surface area contributed by atoms with Crippen LogP contribution in [0.25, 0.3) is 10.9 Å². The molecule has 1 atom stereocenters. The molecule has 0 saturated carbocycles. The van der Waals surface area contributed by atoms with Gasteiger partial charge in [0.1, 0.15) is 6.29 Å². The van der Waals surface area contributed by atoms with Crippen LogP contribution in [-0.2, 0) is 4.79 Å². The van der Waals surface area contributed by atoms with Crippen molar-refractivity contribution in [2.24, 2.45) is 0 Å². The molecular formula is C12H11NO2. The first-order valence-electron chi connectivity index (χ1n) is 4.77. The largest absolute Gasteiger partial charge is 0.388 e. The third-order valence-electron chi connectivity index (χ3n) is 2.33. The van der Waals surface area contributed by atoms with E-state index in [-0.39, 0.29) is 6.42 Å². The van der Waals surface area contributed by atoms with Crippen molar-refractivity contribution in [1.82, 2.24) is 4.98 Å². The van der Waals surface area contributed by atoms with Crippen LogP contribution < -0.4 is 0 Å². The molecule has 15 heavy (non-hydrogen) atoms. The highest BCUT2D eigenvalue weighted by Crippen LogP contribution is 2.20. The molecule has 0 saturated heterocycles. The summed E-state index contributed by atoms with van der Waals surface area (Å²) in [7, 11) is 0. The van der Waals surface area contributed by atoms with Crippen LogP contribution in [0.3, 0.4) is 0 Å². The molecule has 1 heterocycles. The van der Waals surface area contributed by atoms with Gasteiger partial charge in [0, 0.05) is 18.0 Å². The fourth-order valence-corrected chi connectivity index (χ4v) is 1.52. The lowest BCUT2D eigenvalue weighted by molar-refractivity contribution is -0.109. The van der Waals surface area contributed by atoms with Crippen molar-refractivity contribution in [3.05, 3.63) is 42.1 Å². The van der Waals surface area contributed by atoms with Gasteiger partial charge in [0.05, 0.1) is 11.6 Å². The number of carbonyl (C=O) groups is 1. The predicted molar refractivity (Wildman–Crippen MR) is 57.4 cm³/mol. The van der Waals surface area contributed by atoms with E-state index in [1.807, 2.05) is 30.3 Å². The van der Waals surface area contributed by atoms with Crippen LogP contribution in [-0.4, -0.2) is 16.4 Å². The van der Waals surface area contributed by atoms with Crippen molar-refractivity contribution >= 4 is 17.2 Å². The number of nitrogens with zero attached hydrogens (tertiary/aromatic N) is 1. The topological polar surface area (TPSA) is 50.2 Å². The maximum atomic E-state index is 10.3. The molecule has 0 bridgehead atoms. The maximum absolute atomic E-state index is 10.3. The van der Waals surface area contributed by atoms with E-state index < -0.39 is 6.10 Å². The molecule has 0 amide bonds. The van der Waals surface area contributed by atoms with Gasteiger partial charge in [-0.15, -0.1) is 0 Å². The molecule has 0 aliphatic rings. The maximum Gasteiger partial charge on any atom is 0.122 e. The first-order valence-corrected chi connectivity index (χ1v) is 4.77. The molecule has 2 rings (SSSR count). The van der Waals surface area contributed by atoms with E-state index in [4.69, 9.17) is 0 Å². The lowest BCUT2D eigenvalue weighted by atomic mass is 10.1. The summed E-state index contributed by atoms with van der Waals surface area (Å²) in [6.45, 7) is 0. The summed E-state index contributed by atoms with van der Waals surface area (Å²) in [6.07, 6.45) is 1.82. The van der Waals surface area contributed by atoms with Gasteiger partial charge in [-0.05, 0) is 17.7 Å². The number of carbonyl (C=O) groups excluding carboxylic acids is 1. The average Bonchev–Trinajstić information content (AvgIpc) is 2.29. The first kappa shape index (κ1) is 9.80. The molecule has 1 N–H and O–H groups in total. The molecular weight excluding hydrogens is 190 g/mol. The molecule has 3 heteroatoms. The molecule has 0 aliphatic heterocycles. The lowest BCUT2D eigenvalue weighted by Gasteiger charge is -2.07. The number of rotatable bonds is 3. The molecule has 0 radical (unpaired) electrons. The van der Waals surface area contributed by atoms with Gasteiger partial charge in [0.25, 0.3) is 0 Å². The van der Waals surface area contributed by atoms with Crippen molar-refractivity contribution in [2.75, 3.05) is 0 Å². The zero-order valence-corrected chi connectivity index (χ0v) is 8.13. The highest BCUT2D eigenvalue weighted by Gasteiger charge is 2.07. The Balaban J connectivity index is 2.42. The molecule has 1 aromatic carbocycles. The summed E-state index contributed by atoms with van der Waals surface area (Å²) in [5, 5.41) is 10.6. The second kappa shape index (κ2) is 4.19. The normalized spacial score (nSPS) is 12.6. The third-order valence-corrected chi connectivity index (χ3v) is 2.33. The number of benzene rings is 1. The highest BCUT2D eigenvalue weighted by atomic mass is 16.3. The van der Waals surface area contributed by atoms with Crippen LogP contribution in [0, 0.1) is 0 Å². The molecule has 0 aliphatic carbocycles. The van der Waals surface area contributed by atoms with E-state index in [1.54, 1.807) is 6.20 Å². The minimum atomic E-state index is -0.728. The minimum Gasteiger partial charge on any atom is -0.388 e.